The minimum atomic E-state index is 0.160. The summed E-state index contributed by atoms with van der Waals surface area (Å²) in [6.07, 6.45) is 3.73. The molecule has 0 radical (unpaired) electrons. The van der Waals surface area contributed by atoms with Crippen LogP contribution in [-0.4, -0.2) is 32.6 Å². The standard InChI is InChI=1S/C17H24ClNO2/c1-17(2,3)16-10-12-9-15(21-7-5-6-20-4)14(18)8-13(12)11-19-16/h8-9,11,16H,5-7,10H2,1-4H3/t16-/m0/s1. The monoisotopic (exact) mass is 309 g/mol. The van der Waals surface area contributed by atoms with Gasteiger partial charge in [0.25, 0.3) is 0 Å². The van der Waals surface area contributed by atoms with Crippen molar-refractivity contribution in [1.82, 2.24) is 0 Å². The zero-order valence-electron chi connectivity index (χ0n) is 13.3. The Morgan fingerprint density at radius 2 is 2.05 bits per heavy atom. The molecule has 1 aliphatic heterocycles. The largest absolute Gasteiger partial charge is 0.492 e. The van der Waals surface area contributed by atoms with Gasteiger partial charge in [-0.1, -0.05) is 32.4 Å². The Bertz CT molecular complexity index is 520. The van der Waals surface area contributed by atoms with Crippen LogP contribution < -0.4 is 4.74 Å². The molecule has 116 valence electrons. The molecule has 21 heavy (non-hydrogen) atoms. The van der Waals surface area contributed by atoms with Gasteiger partial charge in [-0.15, -0.1) is 0 Å². The highest BCUT2D eigenvalue weighted by atomic mass is 35.5. The predicted molar refractivity (Wildman–Crippen MR) is 88.0 cm³/mol. The smallest absolute Gasteiger partial charge is 0.138 e. The number of nitrogens with zero attached hydrogens (tertiary/aromatic N) is 1. The second-order valence-electron chi connectivity index (χ2n) is 6.54. The number of rotatable bonds is 5. The van der Waals surface area contributed by atoms with Crippen molar-refractivity contribution in [3.05, 3.63) is 28.3 Å². The van der Waals surface area contributed by atoms with Gasteiger partial charge in [0.15, 0.2) is 0 Å². The van der Waals surface area contributed by atoms with Crippen molar-refractivity contribution in [3.8, 4) is 5.75 Å². The third-order valence-corrected chi connectivity index (χ3v) is 4.05. The number of halogens is 1. The van der Waals surface area contributed by atoms with Gasteiger partial charge in [0.1, 0.15) is 5.75 Å². The molecule has 0 bridgehead atoms. The fourth-order valence-corrected chi connectivity index (χ4v) is 2.59. The van der Waals surface area contributed by atoms with Crippen molar-refractivity contribution >= 4 is 17.8 Å². The van der Waals surface area contributed by atoms with E-state index in [1.54, 1.807) is 7.11 Å². The van der Waals surface area contributed by atoms with Crippen LogP contribution in [0.15, 0.2) is 17.1 Å². The molecule has 2 rings (SSSR count). The molecule has 4 heteroatoms. The van der Waals surface area contributed by atoms with E-state index < -0.39 is 0 Å². The Kier molecular flexibility index (Phi) is 5.28. The molecule has 1 heterocycles. The van der Waals surface area contributed by atoms with Crippen LogP contribution >= 0.6 is 11.6 Å². The lowest BCUT2D eigenvalue weighted by atomic mass is 9.81. The summed E-state index contributed by atoms with van der Waals surface area (Å²) < 4.78 is 10.8. The van der Waals surface area contributed by atoms with Crippen LogP contribution in [0.4, 0.5) is 0 Å². The first-order valence-electron chi connectivity index (χ1n) is 7.39. The number of methoxy groups -OCH3 is 1. The van der Waals surface area contributed by atoms with E-state index in [0.717, 1.165) is 24.2 Å². The molecule has 1 aromatic carbocycles. The van der Waals surface area contributed by atoms with E-state index in [2.05, 4.69) is 31.8 Å². The molecule has 1 aromatic rings. The van der Waals surface area contributed by atoms with E-state index in [1.165, 1.54) is 5.56 Å². The van der Waals surface area contributed by atoms with Gasteiger partial charge in [-0.05, 0) is 35.1 Å². The molecule has 1 atom stereocenters. The summed E-state index contributed by atoms with van der Waals surface area (Å²) in [6.45, 7) is 7.97. The van der Waals surface area contributed by atoms with Gasteiger partial charge < -0.3 is 9.47 Å². The third kappa shape index (κ3) is 4.21. The molecule has 0 fully saturated rings. The number of ether oxygens (including phenoxy) is 2. The van der Waals surface area contributed by atoms with E-state index in [-0.39, 0.29) is 5.41 Å². The van der Waals surface area contributed by atoms with E-state index in [9.17, 15) is 0 Å². The van der Waals surface area contributed by atoms with Crippen molar-refractivity contribution in [2.75, 3.05) is 20.3 Å². The first kappa shape index (κ1) is 16.3. The number of benzene rings is 1. The SMILES string of the molecule is COCCCOc1cc2c(cc1Cl)C=N[C@H](C(C)(C)C)C2. The highest BCUT2D eigenvalue weighted by Crippen LogP contribution is 2.34. The van der Waals surface area contributed by atoms with Crippen LogP contribution in [0.25, 0.3) is 0 Å². The summed E-state index contributed by atoms with van der Waals surface area (Å²) in [4.78, 5) is 4.66. The molecule has 0 amide bonds. The van der Waals surface area contributed by atoms with E-state index >= 15 is 0 Å². The molecule has 0 aliphatic carbocycles. The molecule has 0 saturated heterocycles. The predicted octanol–water partition coefficient (Wildman–Crippen LogP) is 4.15. The molecule has 0 spiro atoms. The van der Waals surface area contributed by atoms with E-state index in [4.69, 9.17) is 21.1 Å². The Balaban J connectivity index is 2.12. The fourth-order valence-electron chi connectivity index (χ4n) is 2.36. The van der Waals surface area contributed by atoms with Crippen molar-refractivity contribution in [3.63, 3.8) is 0 Å². The average molecular weight is 310 g/mol. The second-order valence-corrected chi connectivity index (χ2v) is 6.95. The Hall–Kier alpha value is -1.06. The summed E-state index contributed by atoms with van der Waals surface area (Å²) in [7, 11) is 1.69. The Labute approximate surface area is 132 Å². The highest BCUT2D eigenvalue weighted by molar-refractivity contribution is 6.32. The van der Waals surface area contributed by atoms with Gasteiger partial charge in [0.2, 0.25) is 0 Å². The molecule has 0 unspecified atom stereocenters. The molecule has 1 aliphatic rings. The Morgan fingerprint density at radius 3 is 2.71 bits per heavy atom. The lowest BCUT2D eigenvalue weighted by Gasteiger charge is -2.30. The first-order chi connectivity index (χ1) is 9.91. The summed E-state index contributed by atoms with van der Waals surface area (Å²) in [6, 6.07) is 4.31. The fraction of sp³-hybridized carbons (Fsp3) is 0.588. The second kappa shape index (κ2) is 6.80. The first-order valence-corrected chi connectivity index (χ1v) is 7.77. The van der Waals surface area contributed by atoms with Crippen molar-refractivity contribution in [2.45, 2.75) is 39.7 Å². The van der Waals surface area contributed by atoms with Crippen molar-refractivity contribution in [1.29, 1.82) is 0 Å². The zero-order valence-corrected chi connectivity index (χ0v) is 14.0. The van der Waals surface area contributed by atoms with E-state index in [0.29, 0.717) is 24.3 Å². The van der Waals surface area contributed by atoms with Crippen LogP contribution in [0.3, 0.4) is 0 Å². The number of hydrogen-bond donors (Lipinski definition) is 0. The van der Waals surface area contributed by atoms with Crippen molar-refractivity contribution < 1.29 is 9.47 Å². The van der Waals surface area contributed by atoms with Gasteiger partial charge in [0, 0.05) is 26.4 Å². The van der Waals surface area contributed by atoms with Gasteiger partial charge in [-0.25, -0.2) is 0 Å². The maximum atomic E-state index is 6.28. The lowest BCUT2D eigenvalue weighted by Crippen LogP contribution is -2.29. The van der Waals surface area contributed by atoms with Crippen LogP contribution in [0.2, 0.25) is 5.02 Å². The molecule has 0 aromatic heterocycles. The van der Waals surface area contributed by atoms with Crippen LogP contribution in [-0.2, 0) is 11.2 Å². The van der Waals surface area contributed by atoms with Crippen molar-refractivity contribution in [2.24, 2.45) is 10.4 Å². The van der Waals surface area contributed by atoms with Gasteiger partial charge in [-0.3, -0.25) is 4.99 Å². The summed E-state index contributed by atoms with van der Waals surface area (Å²) >= 11 is 6.28. The van der Waals surface area contributed by atoms with E-state index in [1.807, 2.05) is 12.3 Å². The Morgan fingerprint density at radius 1 is 1.29 bits per heavy atom. The molecule has 0 saturated carbocycles. The normalized spacial score (nSPS) is 17.7. The maximum absolute atomic E-state index is 6.28. The van der Waals surface area contributed by atoms with Crippen LogP contribution in [0.1, 0.15) is 38.3 Å². The minimum absolute atomic E-state index is 0.160. The van der Waals surface area contributed by atoms with Gasteiger partial charge in [0.05, 0.1) is 17.7 Å². The van der Waals surface area contributed by atoms with Gasteiger partial charge >= 0.3 is 0 Å². The highest BCUT2D eigenvalue weighted by Gasteiger charge is 2.27. The third-order valence-electron chi connectivity index (χ3n) is 3.75. The lowest BCUT2D eigenvalue weighted by molar-refractivity contribution is 0.172. The summed E-state index contributed by atoms with van der Waals surface area (Å²) in [5.41, 5.74) is 2.52. The van der Waals surface area contributed by atoms with Crippen LogP contribution in [0, 0.1) is 5.41 Å². The number of aliphatic imine (C=N–C) groups is 1. The minimum Gasteiger partial charge on any atom is -0.492 e. The molecular formula is C17H24ClNO2. The van der Waals surface area contributed by atoms with Gasteiger partial charge in [-0.2, -0.15) is 0 Å². The summed E-state index contributed by atoms with van der Waals surface area (Å²) in [5.74, 6) is 0.759. The zero-order chi connectivity index (χ0) is 15.5. The number of hydrogen-bond acceptors (Lipinski definition) is 3. The molecular weight excluding hydrogens is 286 g/mol. The topological polar surface area (TPSA) is 30.8 Å². The number of fused-ring (bicyclic) bond motifs is 1. The molecule has 0 N–H and O–H groups in total. The quantitative estimate of drug-likeness (QED) is 0.765. The maximum Gasteiger partial charge on any atom is 0.138 e. The summed E-state index contributed by atoms with van der Waals surface area (Å²) in [5, 5.41) is 0.645. The molecule has 3 nitrogen and oxygen atoms in total. The van der Waals surface area contributed by atoms with Crippen LogP contribution in [0.5, 0.6) is 5.75 Å². The average Bonchev–Trinajstić information content (AvgIpc) is 2.42.